The van der Waals surface area contributed by atoms with Crippen molar-refractivity contribution in [2.75, 3.05) is 0 Å². The molecule has 0 amide bonds. The topological polar surface area (TPSA) is 15.8 Å². The van der Waals surface area contributed by atoms with Gasteiger partial charge in [-0.15, -0.1) is 0 Å². The van der Waals surface area contributed by atoms with Crippen LogP contribution in [0, 0.1) is 6.58 Å². The van der Waals surface area contributed by atoms with Crippen LogP contribution in [0.15, 0.2) is 18.3 Å². The van der Waals surface area contributed by atoms with Crippen molar-refractivity contribution in [2.45, 2.75) is 6.92 Å². The summed E-state index contributed by atoms with van der Waals surface area (Å²) in [5, 5.41) is 0. The molecule has 1 N–H and O–H groups in total. The molecule has 1 radical (unpaired) electrons. The van der Waals surface area contributed by atoms with Gasteiger partial charge in [-0.3, -0.25) is 0 Å². The first-order valence-corrected chi connectivity index (χ1v) is 2.53. The van der Waals surface area contributed by atoms with Crippen LogP contribution < -0.4 is 0 Å². The smallest absolute Gasteiger partial charge is 0.0409 e. The van der Waals surface area contributed by atoms with Crippen LogP contribution in [-0.4, -0.2) is 4.98 Å². The number of H-pyrrole nitrogens is 1. The maximum Gasteiger partial charge on any atom is 0.0409 e. The molecular weight excluding hydrogens is 98.1 g/mol. The molecule has 0 atom stereocenters. The maximum atomic E-state index is 5.44. The average molecular weight is 106 g/mol. The lowest BCUT2D eigenvalue weighted by atomic mass is 10.3. The number of hydrogen-bond donors (Lipinski definition) is 1. The van der Waals surface area contributed by atoms with E-state index >= 15 is 0 Å². The molecule has 0 saturated heterocycles. The summed E-state index contributed by atoms with van der Waals surface area (Å²) >= 11 is 0. The first-order valence-electron chi connectivity index (χ1n) is 2.53. The predicted molar refractivity (Wildman–Crippen MR) is 34.2 cm³/mol. The Balaban J connectivity index is 2.93. The maximum absolute atomic E-state index is 5.44. The number of aromatic nitrogens is 1. The number of nitrogens with one attached hydrogen (secondary N) is 1. The summed E-state index contributed by atoms with van der Waals surface area (Å²) in [5.74, 6) is 0. The Hall–Kier alpha value is -0.980. The molecule has 0 aliphatic carbocycles. The van der Waals surface area contributed by atoms with Gasteiger partial charge in [-0.1, -0.05) is 6.58 Å². The minimum atomic E-state index is 0.829. The molecule has 1 rings (SSSR count). The fraction of sp³-hybridized carbons (Fsp3) is 0.143. The minimum absolute atomic E-state index is 0.829. The molecule has 0 aliphatic heterocycles. The zero-order chi connectivity index (χ0) is 5.98. The molecule has 1 aromatic rings. The Bertz CT molecular complexity index is 172. The Morgan fingerprint density at radius 3 is 2.75 bits per heavy atom. The van der Waals surface area contributed by atoms with Crippen molar-refractivity contribution in [1.82, 2.24) is 4.98 Å². The zero-order valence-corrected chi connectivity index (χ0v) is 4.81. The monoisotopic (exact) mass is 106 g/mol. The third-order valence-corrected chi connectivity index (χ3v) is 1.02. The third-order valence-electron chi connectivity index (χ3n) is 1.02. The highest BCUT2D eigenvalue weighted by molar-refractivity contribution is 5.55. The highest BCUT2D eigenvalue weighted by Gasteiger charge is 1.87. The van der Waals surface area contributed by atoms with Crippen LogP contribution in [-0.2, 0) is 0 Å². The van der Waals surface area contributed by atoms with Crippen molar-refractivity contribution < 1.29 is 0 Å². The minimum Gasteiger partial charge on any atom is -0.361 e. The molecule has 1 heterocycles. The van der Waals surface area contributed by atoms with Gasteiger partial charge in [0, 0.05) is 11.9 Å². The second-order valence-corrected chi connectivity index (χ2v) is 1.77. The Morgan fingerprint density at radius 2 is 2.50 bits per heavy atom. The second-order valence-electron chi connectivity index (χ2n) is 1.77. The van der Waals surface area contributed by atoms with Gasteiger partial charge in [0.05, 0.1) is 0 Å². The van der Waals surface area contributed by atoms with E-state index in [1.54, 1.807) is 0 Å². The molecule has 1 aromatic heterocycles. The summed E-state index contributed by atoms with van der Waals surface area (Å²) in [6.07, 6.45) is 1.85. The van der Waals surface area contributed by atoms with Gasteiger partial charge < -0.3 is 4.98 Å². The first kappa shape index (κ1) is 5.16. The lowest BCUT2D eigenvalue weighted by Gasteiger charge is -1.88. The molecule has 1 heteroatoms. The molecule has 8 heavy (non-hydrogen) atoms. The first-order chi connectivity index (χ1) is 3.80. The molecule has 41 valence electrons. The van der Waals surface area contributed by atoms with Crippen molar-refractivity contribution >= 4 is 5.57 Å². The Morgan fingerprint density at radius 1 is 1.75 bits per heavy atom. The van der Waals surface area contributed by atoms with Crippen LogP contribution in [0.25, 0.3) is 5.57 Å². The second kappa shape index (κ2) is 1.86. The van der Waals surface area contributed by atoms with Gasteiger partial charge in [-0.2, -0.15) is 0 Å². The summed E-state index contributed by atoms with van der Waals surface area (Å²) in [7, 11) is 0. The van der Waals surface area contributed by atoms with E-state index in [1.165, 1.54) is 0 Å². The molecular formula is C7H8N. The van der Waals surface area contributed by atoms with E-state index in [0.717, 1.165) is 11.3 Å². The van der Waals surface area contributed by atoms with Crippen molar-refractivity contribution in [3.05, 3.63) is 30.6 Å². The quantitative estimate of drug-likeness (QED) is 0.562. The van der Waals surface area contributed by atoms with Crippen LogP contribution >= 0.6 is 0 Å². The van der Waals surface area contributed by atoms with E-state index in [-0.39, 0.29) is 0 Å². The van der Waals surface area contributed by atoms with E-state index in [1.807, 2.05) is 25.3 Å². The normalized spacial score (nSPS) is 9.12. The van der Waals surface area contributed by atoms with E-state index in [0.29, 0.717) is 0 Å². The highest BCUT2D eigenvalue weighted by atomic mass is 14.7. The van der Waals surface area contributed by atoms with Crippen molar-refractivity contribution in [3.63, 3.8) is 0 Å². The van der Waals surface area contributed by atoms with Gasteiger partial charge in [0.25, 0.3) is 0 Å². The van der Waals surface area contributed by atoms with Crippen molar-refractivity contribution in [3.8, 4) is 0 Å². The largest absolute Gasteiger partial charge is 0.361 e. The van der Waals surface area contributed by atoms with Crippen molar-refractivity contribution in [2.24, 2.45) is 0 Å². The zero-order valence-electron chi connectivity index (χ0n) is 4.81. The molecule has 0 aliphatic rings. The lowest BCUT2D eigenvalue weighted by molar-refractivity contribution is 1.34. The van der Waals surface area contributed by atoms with Crippen LogP contribution in [0.5, 0.6) is 0 Å². The van der Waals surface area contributed by atoms with E-state index in [2.05, 4.69) is 4.98 Å². The number of hydrogen-bond acceptors (Lipinski definition) is 0. The summed E-state index contributed by atoms with van der Waals surface area (Å²) in [6, 6.07) is 3.86. The van der Waals surface area contributed by atoms with Crippen LogP contribution in [0.1, 0.15) is 12.6 Å². The van der Waals surface area contributed by atoms with Gasteiger partial charge in [0.2, 0.25) is 0 Å². The molecule has 1 nitrogen and oxygen atoms in total. The van der Waals surface area contributed by atoms with Crippen LogP contribution in [0.3, 0.4) is 0 Å². The Labute approximate surface area is 49.0 Å². The standard InChI is InChI=1S/C7H8N/c1-6(2)7-4-3-5-8-7/h1,3-5,8H,2H3. The van der Waals surface area contributed by atoms with Gasteiger partial charge in [0.1, 0.15) is 0 Å². The van der Waals surface area contributed by atoms with E-state index in [4.69, 9.17) is 6.58 Å². The fourth-order valence-corrected chi connectivity index (χ4v) is 0.576. The van der Waals surface area contributed by atoms with Crippen LogP contribution in [0.4, 0.5) is 0 Å². The number of rotatable bonds is 1. The predicted octanol–water partition coefficient (Wildman–Crippen LogP) is 1.85. The van der Waals surface area contributed by atoms with E-state index < -0.39 is 0 Å². The van der Waals surface area contributed by atoms with Gasteiger partial charge in [0.15, 0.2) is 0 Å². The number of aromatic amines is 1. The van der Waals surface area contributed by atoms with Crippen LogP contribution in [0.2, 0.25) is 0 Å². The molecule has 0 fully saturated rings. The molecule has 0 saturated carbocycles. The van der Waals surface area contributed by atoms with Gasteiger partial charge in [-0.05, 0) is 24.6 Å². The summed E-state index contributed by atoms with van der Waals surface area (Å²) < 4.78 is 0. The summed E-state index contributed by atoms with van der Waals surface area (Å²) in [5.41, 5.74) is 1.83. The van der Waals surface area contributed by atoms with E-state index in [9.17, 15) is 0 Å². The average Bonchev–Trinajstić information content (AvgIpc) is 2.12. The molecule has 0 aromatic carbocycles. The molecule has 0 bridgehead atoms. The molecule has 0 unspecified atom stereocenters. The SMILES string of the molecule is [CH]=C(C)c1ccc[nH]1. The highest BCUT2D eigenvalue weighted by Crippen LogP contribution is 2.05. The molecule has 0 spiro atoms. The fourth-order valence-electron chi connectivity index (χ4n) is 0.576. The van der Waals surface area contributed by atoms with Crippen molar-refractivity contribution in [1.29, 1.82) is 0 Å². The number of allylic oxidation sites excluding steroid dienone is 1. The third kappa shape index (κ3) is 0.808. The Kier molecular flexibility index (Phi) is 1.20. The summed E-state index contributed by atoms with van der Waals surface area (Å²) in [6.45, 7) is 7.31. The van der Waals surface area contributed by atoms with Gasteiger partial charge >= 0.3 is 0 Å². The van der Waals surface area contributed by atoms with Gasteiger partial charge in [-0.25, -0.2) is 0 Å². The summed E-state index contributed by atoms with van der Waals surface area (Å²) in [4.78, 5) is 2.97. The lowest BCUT2D eigenvalue weighted by Crippen LogP contribution is -1.72.